The molecule has 1 aliphatic heterocycles. The zero-order chi connectivity index (χ0) is 21.1. The topological polar surface area (TPSA) is 65.4 Å². The number of fused-ring (bicyclic) bond motifs is 3. The van der Waals surface area contributed by atoms with E-state index in [4.69, 9.17) is 14.5 Å². The fourth-order valence-corrected chi connectivity index (χ4v) is 3.84. The molecule has 1 N–H and O–H groups in total. The van der Waals surface area contributed by atoms with Crippen LogP contribution >= 0.6 is 0 Å². The Labute approximate surface area is 176 Å². The van der Waals surface area contributed by atoms with Crippen LogP contribution in [0, 0.1) is 0 Å². The smallest absolute Gasteiger partial charge is 0.338 e. The Balaban J connectivity index is 1.83. The third-order valence-electron chi connectivity index (χ3n) is 5.29. The van der Waals surface area contributed by atoms with Crippen molar-refractivity contribution in [1.29, 1.82) is 0 Å². The maximum Gasteiger partial charge on any atom is 0.338 e. The van der Waals surface area contributed by atoms with E-state index in [9.17, 15) is 4.79 Å². The third kappa shape index (κ3) is 3.65. The number of nitrogens with zero attached hydrogens (tertiary/aromatic N) is 2. The summed E-state index contributed by atoms with van der Waals surface area (Å²) in [7, 11) is 0. The summed E-state index contributed by atoms with van der Waals surface area (Å²) in [5, 5.41) is 3.31. The number of para-hydroxylation sites is 2. The molecule has 2 aromatic carbocycles. The predicted octanol–water partition coefficient (Wildman–Crippen LogP) is 5.07. The monoisotopic (exact) mass is 405 g/mol. The van der Waals surface area contributed by atoms with Crippen LogP contribution < -0.4 is 10.1 Å². The van der Waals surface area contributed by atoms with Crippen LogP contribution in [0.5, 0.6) is 5.75 Å². The number of carbonyl (C=O) groups is 1. The van der Waals surface area contributed by atoms with E-state index >= 15 is 0 Å². The van der Waals surface area contributed by atoms with Crippen LogP contribution in [-0.2, 0) is 9.53 Å². The van der Waals surface area contributed by atoms with Crippen molar-refractivity contribution in [2.24, 2.45) is 0 Å². The van der Waals surface area contributed by atoms with Crippen LogP contribution in [-0.4, -0.2) is 28.7 Å². The van der Waals surface area contributed by atoms with Gasteiger partial charge in [-0.15, -0.1) is 0 Å². The molecule has 6 heteroatoms. The van der Waals surface area contributed by atoms with Gasteiger partial charge in [0.2, 0.25) is 5.95 Å². The van der Waals surface area contributed by atoms with Crippen molar-refractivity contribution in [3.8, 4) is 5.75 Å². The largest absolute Gasteiger partial charge is 0.494 e. The van der Waals surface area contributed by atoms with E-state index in [1.165, 1.54) is 0 Å². The van der Waals surface area contributed by atoms with Gasteiger partial charge in [0.1, 0.15) is 5.75 Å². The Morgan fingerprint density at radius 1 is 1.13 bits per heavy atom. The zero-order valence-corrected chi connectivity index (χ0v) is 17.6. The summed E-state index contributed by atoms with van der Waals surface area (Å²) in [5.41, 5.74) is 4.19. The van der Waals surface area contributed by atoms with Gasteiger partial charge in [0, 0.05) is 5.70 Å². The Morgan fingerprint density at radius 2 is 1.90 bits per heavy atom. The molecule has 2 heterocycles. The molecule has 0 spiro atoms. The minimum absolute atomic E-state index is 0.296. The number of unbranched alkanes of at least 4 members (excludes halogenated alkanes) is 1. The highest BCUT2D eigenvalue weighted by molar-refractivity contribution is 5.94. The molecule has 30 heavy (non-hydrogen) atoms. The van der Waals surface area contributed by atoms with Gasteiger partial charge in [0.15, 0.2) is 0 Å². The molecule has 1 aliphatic rings. The highest BCUT2D eigenvalue weighted by Crippen LogP contribution is 2.39. The van der Waals surface area contributed by atoms with Crippen LogP contribution in [0.15, 0.2) is 59.8 Å². The second-order valence-corrected chi connectivity index (χ2v) is 7.35. The quantitative estimate of drug-likeness (QED) is 0.439. The summed E-state index contributed by atoms with van der Waals surface area (Å²) in [5.74, 6) is 1.23. The Kier molecular flexibility index (Phi) is 5.74. The first-order chi connectivity index (χ1) is 14.6. The zero-order valence-electron chi connectivity index (χ0n) is 17.6. The van der Waals surface area contributed by atoms with Crippen molar-refractivity contribution in [1.82, 2.24) is 9.55 Å². The van der Waals surface area contributed by atoms with Gasteiger partial charge in [-0.25, -0.2) is 9.78 Å². The average molecular weight is 405 g/mol. The Hall–Kier alpha value is -3.28. The minimum atomic E-state index is -0.335. The lowest BCUT2D eigenvalue weighted by Crippen LogP contribution is -2.29. The molecule has 6 nitrogen and oxygen atoms in total. The molecule has 1 aromatic heterocycles. The number of rotatable bonds is 7. The molecular weight excluding hydrogens is 378 g/mol. The molecule has 0 fully saturated rings. The first kappa shape index (κ1) is 20.0. The number of esters is 1. The molecule has 156 valence electrons. The number of aromatic nitrogens is 2. The molecule has 0 bridgehead atoms. The van der Waals surface area contributed by atoms with Crippen molar-refractivity contribution in [3.63, 3.8) is 0 Å². The van der Waals surface area contributed by atoms with Gasteiger partial charge in [0.05, 0.1) is 35.9 Å². The fourth-order valence-electron chi connectivity index (χ4n) is 3.84. The number of ether oxygens (including phenoxy) is 2. The summed E-state index contributed by atoms with van der Waals surface area (Å²) in [6.07, 6.45) is 1.82. The molecule has 0 radical (unpaired) electrons. The molecule has 0 unspecified atom stereocenters. The van der Waals surface area contributed by atoms with E-state index in [-0.39, 0.29) is 12.0 Å². The maximum atomic E-state index is 13.1. The summed E-state index contributed by atoms with van der Waals surface area (Å²) < 4.78 is 13.3. The molecule has 0 amide bonds. The number of hydrogen-bond donors (Lipinski definition) is 1. The lowest BCUT2D eigenvalue weighted by atomic mass is 9.95. The van der Waals surface area contributed by atoms with Crippen LogP contribution in [0.2, 0.25) is 0 Å². The van der Waals surface area contributed by atoms with Gasteiger partial charge in [-0.3, -0.25) is 4.57 Å². The maximum absolute atomic E-state index is 13.1. The van der Waals surface area contributed by atoms with Crippen molar-refractivity contribution in [2.75, 3.05) is 18.5 Å². The normalized spacial score (nSPS) is 15.6. The van der Waals surface area contributed by atoms with Gasteiger partial charge < -0.3 is 14.8 Å². The number of benzene rings is 2. The van der Waals surface area contributed by atoms with Crippen LogP contribution in [0.25, 0.3) is 11.0 Å². The number of allylic oxidation sites excluding steroid dienone is 1. The number of nitrogens with one attached hydrogen (secondary N) is 1. The lowest BCUT2D eigenvalue weighted by Gasteiger charge is -2.30. The van der Waals surface area contributed by atoms with Gasteiger partial charge >= 0.3 is 5.97 Å². The first-order valence-corrected chi connectivity index (χ1v) is 10.5. The van der Waals surface area contributed by atoms with E-state index in [0.29, 0.717) is 18.8 Å². The highest BCUT2D eigenvalue weighted by Gasteiger charge is 2.34. The summed E-state index contributed by atoms with van der Waals surface area (Å²) in [6, 6.07) is 15.5. The second-order valence-electron chi connectivity index (χ2n) is 7.35. The van der Waals surface area contributed by atoms with Crippen LogP contribution in [0.4, 0.5) is 5.95 Å². The number of imidazole rings is 1. The van der Waals surface area contributed by atoms with Crippen molar-refractivity contribution >= 4 is 23.0 Å². The summed E-state index contributed by atoms with van der Waals surface area (Å²) in [6.45, 7) is 6.96. The third-order valence-corrected chi connectivity index (χ3v) is 5.29. The molecule has 0 aliphatic carbocycles. The SMILES string of the molecule is CCCCOC(=O)C1=C(C)Nc2nc3ccccc3n2[C@H]1c1ccc(OCC)cc1. The molecule has 0 saturated heterocycles. The molecule has 4 rings (SSSR count). The standard InChI is InChI=1S/C24H27N3O3/c1-4-6-15-30-23(28)21-16(3)25-24-26-19-9-7-8-10-20(19)27(24)22(21)17-11-13-18(14-12-17)29-5-2/h7-14,22H,4-6,15H2,1-3H3,(H,25,26)/t22-/m0/s1. The first-order valence-electron chi connectivity index (χ1n) is 10.5. The van der Waals surface area contributed by atoms with E-state index in [1.807, 2.05) is 62.4 Å². The predicted molar refractivity (Wildman–Crippen MR) is 118 cm³/mol. The number of carbonyl (C=O) groups excluding carboxylic acids is 1. The Bertz CT molecular complexity index is 1080. The van der Waals surface area contributed by atoms with E-state index < -0.39 is 0 Å². The van der Waals surface area contributed by atoms with E-state index in [0.717, 1.165) is 46.8 Å². The van der Waals surface area contributed by atoms with E-state index in [1.54, 1.807) is 0 Å². The Morgan fingerprint density at radius 3 is 2.63 bits per heavy atom. The lowest BCUT2D eigenvalue weighted by molar-refractivity contribution is -0.139. The van der Waals surface area contributed by atoms with Gasteiger partial charge in [0.25, 0.3) is 0 Å². The highest BCUT2D eigenvalue weighted by atomic mass is 16.5. The summed E-state index contributed by atoms with van der Waals surface area (Å²) >= 11 is 0. The van der Waals surface area contributed by atoms with Crippen LogP contribution in [0.3, 0.4) is 0 Å². The fraction of sp³-hybridized carbons (Fsp3) is 0.333. The van der Waals surface area contributed by atoms with Crippen molar-refractivity contribution in [2.45, 2.75) is 39.7 Å². The summed E-state index contributed by atoms with van der Waals surface area (Å²) in [4.78, 5) is 17.9. The van der Waals surface area contributed by atoms with Crippen molar-refractivity contribution in [3.05, 3.63) is 65.4 Å². The minimum Gasteiger partial charge on any atom is -0.494 e. The molecular formula is C24H27N3O3. The molecule has 0 saturated carbocycles. The van der Waals surface area contributed by atoms with Crippen molar-refractivity contribution < 1.29 is 14.3 Å². The number of anilines is 1. The van der Waals surface area contributed by atoms with Crippen LogP contribution in [0.1, 0.15) is 45.2 Å². The second kappa shape index (κ2) is 8.61. The number of hydrogen-bond acceptors (Lipinski definition) is 5. The average Bonchev–Trinajstić information content (AvgIpc) is 3.11. The van der Waals surface area contributed by atoms with E-state index in [2.05, 4.69) is 16.8 Å². The molecule has 3 aromatic rings. The van der Waals surface area contributed by atoms with Gasteiger partial charge in [-0.1, -0.05) is 37.6 Å². The van der Waals surface area contributed by atoms with Gasteiger partial charge in [-0.05, 0) is 50.1 Å². The molecule has 1 atom stereocenters. The van der Waals surface area contributed by atoms with Gasteiger partial charge in [-0.2, -0.15) is 0 Å².